The van der Waals surface area contributed by atoms with Crippen molar-refractivity contribution < 1.29 is 4.79 Å². The number of halogens is 1. The van der Waals surface area contributed by atoms with Crippen molar-refractivity contribution in [3.05, 3.63) is 22.7 Å². The first-order chi connectivity index (χ1) is 12.0. The molecule has 0 unspecified atom stereocenters. The molecule has 0 atom stereocenters. The zero-order valence-corrected chi connectivity index (χ0v) is 16.8. The summed E-state index contributed by atoms with van der Waals surface area (Å²) in [5.41, 5.74) is 2.02. The van der Waals surface area contributed by atoms with Gasteiger partial charge in [-0.25, -0.2) is 4.98 Å². The Morgan fingerprint density at radius 2 is 2.00 bits per heavy atom. The van der Waals surface area contributed by atoms with Crippen LogP contribution in [0.3, 0.4) is 0 Å². The van der Waals surface area contributed by atoms with Crippen LogP contribution < -0.4 is 4.90 Å². The van der Waals surface area contributed by atoms with Crippen LogP contribution in [0.5, 0.6) is 0 Å². The van der Waals surface area contributed by atoms with E-state index in [0.29, 0.717) is 11.6 Å². The number of fused-ring (bicyclic) bond motifs is 1. The summed E-state index contributed by atoms with van der Waals surface area (Å²) < 4.78 is 0.978. The lowest BCUT2D eigenvalue weighted by atomic mass is 9.84. The van der Waals surface area contributed by atoms with Gasteiger partial charge in [0, 0.05) is 19.0 Å². The van der Waals surface area contributed by atoms with Crippen molar-refractivity contribution >= 4 is 44.2 Å². The highest BCUT2D eigenvalue weighted by Crippen LogP contribution is 2.37. The summed E-state index contributed by atoms with van der Waals surface area (Å²) in [4.78, 5) is 22.0. The molecule has 0 bridgehead atoms. The largest absolute Gasteiger partial charge is 0.302 e. The Balaban J connectivity index is 1.91. The molecule has 2 aromatic rings. The third-order valence-electron chi connectivity index (χ3n) is 5.17. The van der Waals surface area contributed by atoms with Crippen LogP contribution >= 0.6 is 22.9 Å². The molecule has 0 radical (unpaired) electrons. The number of benzene rings is 1. The number of carbonyl (C=O) groups is 1. The molecule has 0 spiro atoms. The second kappa shape index (κ2) is 8.02. The molecule has 1 heterocycles. The maximum absolute atomic E-state index is 13.0. The lowest BCUT2D eigenvalue weighted by Gasteiger charge is -2.31. The predicted octanol–water partition coefficient (Wildman–Crippen LogP) is 4.73. The third-order valence-corrected chi connectivity index (χ3v) is 6.71. The summed E-state index contributed by atoms with van der Waals surface area (Å²) in [5.74, 6) is 0.395. The van der Waals surface area contributed by atoms with Crippen LogP contribution in [0.15, 0.2) is 12.1 Å². The topological polar surface area (TPSA) is 36.4 Å². The number of thiazole rings is 1. The molecule has 1 aromatic heterocycles. The lowest BCUT2D eigenvalue weighted by Crippen LogP contribution is -2.43. The zero-order chi connectivity index (χ0) is 18.0. The molecule has 6 heteroatoms. The van der Waals surface area contributed by atoms with Gasteiger partial charge in [-0.2, -0.15) is 0 Å². The Morgan fingerprint density at radius 1 is 1.28 bits per heavy atom. The number of nitrogens with zero attached hydrogens (tertiary/aromatic N) is 3. The van der Waals surface area contributed by atoms with E-state index in [-0.39, 0.29) is 11.8 Å². The van der Waals surface area contributed by atoms with Gasteiger partial charge in [0.1, 0.15) is 0 Å². The fourth-order valence-electron chi connectivity index (χ4n) is 3.16. The van der Waals surface area contributed by atoms with Gasteiger partial charge >= 0.3 is 0 Å². The highest BCUT2D eigenvalue weighted by atomic mass is 35.5. The van der Waals surface area contributed by atoms with Crippen molar-refractivity contribution in [2.45, 2.75) is 40.0 Å². The molecule has 1 aliphatic carbocycles. The molecule has 0 aliphatic heterocycles. The Hall–Kier alpha value is -1.17. The number of carbonyl (C=O) groups excluding carboxylic acids is 1. The maximum atomic E-state index is 13.0. The van der Waals surface area contributed by atoms with Crippen LogP contribution in [0.4, 0.5) is 5.13 Å². The number of hydrogen-bond donors (Lipinski definition) is 0. The minimum absolute atomic E-state index is 0.167. The first-order valence-corrected chi connectivity index (χ1v) is 10.3. The van der Waals surface area contributed by atoms with Gasteiger partial charge in [-0.3, -0.25) is 9.69 Å². The first kappa shape index (κ1) is 18.6. The Bertz CT molecular complexity index is 713. The molecule has 1 amide bonds. The van der Waals surface area contributed by atoms with E-state index in [0.717, 1.165) is 59.8 Å². The molecule has 1 saturated carbocycles. The number of aryl methyl sites for hydroxylation is 1. The van der Waals surface area contributed by atoms with Crippen molar-refractivity contribution in [1.82, 2.24) is 9.88 Å². The van der Waals surface area contributed by atoms with E-state index in [4.69, 9.17) is 16.6 Å². The maximum Gasteiger partial charge on any atom is 0.231 e. The van der Waals surface area contributed by atoms with Crippen LogP contribution in [-0.4, -0.2) is 42.0 Å². The highest BCUT2D eigenvalue weighted by Gasteiger charge is 2.32. The Labute approximate surface area is 158 Å². The third kappa shape index (κ3) is 3.83. The van der Waals surface area contributed by atoms with E-state index in [2.05, 4.69) is 18.7 Å². The second-order valence-corrected chi connectivity index (χ2v) is 8.07. The van der Waals surface area contributed by atoms with Crippen molar-refractivity contribution in [3.63, 3.8) is 0 Å². The summed E-state index contributed by atoms with van der Waals surface area (Å²) in [6, 6.07) is 3.90. The fourth-order valence-corrected chi connectivity index (χ4v) is 4.51. The molecule has 1 fully saturated rings. The number of likely N-dealkylation sites (N-methyl/N-ethyl adjacent to an activating group) is 1. The summed E-state index contributed by atoms with van der Waals surface area (Å²) in [5, 5.41) is 1.50. The molecule has 25 heavy (non-hydrogen) atoms. The van der Waals surface area contributed by atoms with E-state index in [1.165, 1.54) is 11.3 Å². The van der Waals surface area contributed by atoms with Gasteiger partial charge in [-0.1, -0.05) is 49.3 Å². The lowest BCUT2D eigenvalue weighted by molar-refractivity contribution is -0.124. The molecule has 0 saturated heterocycles. The fraction of sp³-hybridized carbons (Fsp3) is 0.579. The van der Waals surface area contributed by atoms with Crippen LogP contribution in [-0.2, 0) is 4.79 Å². The van der Waals surface area contributed by atoms with Gasteiger partial charge in [-0.05, 0) is 44.5 Å². The Morgan fingerprint density at radius 3 is 2.56 bits per heavy atom. The van der Waals surface area contributed by atoms with Gasteiger partial charge in [0.2, 0.25) is 5.91 Å². The summed E-state index contributed by atoms with van der Waals surface area (Å²) >= 11 is 7.90. The summed E-state index contributed by atoms with van der Waals surface area (Å²) in [6.07, 6.45) is 3.17. The van der Waals surface area contributed by atoms with Gasteiger partial charge in [0.25, 0.3) is 0 Å². The number of aromatic nitrogens is 1. The van der Waals surface area contributed by atoms with Crippen molar-refractivity contribution in [3.8, 4) is 0 Å². The van der Waals surface area contributed by atoms with Crippen LogP contribution in [0, 0.1) is 12.8 Å². The molecular weight excluding hydrogens is 354 g/mol. The van der Waals surface area contributed by atoms with Crippen molar-refractivity contribution in [2.75, 3.05) is 31.1 Å². The van der Waals surface area contributed by atoms with Gasteiger partial charge in [0.05, 0.1) is 15.2 Å². The standard InChI is InChI=1S/C19H26ClN3OS/c1-4-22(5-2)11-12-23(18(24)14-7-6-8-14)19-21-16-13(3)9-10-15(20)17(16)25-19/h9-10,14H,4-8,11-12H2,1-3H3. The number of rotatable bonds is 7. The first-order valence-electron chi connectivity index (χ1n) is 9.14. The molecule has 1 aromatic carbocycles. The Kier molecular flexibility index (Phi) is 5.97. The van der Waals surface area contributed by atoms with Crippen LogP contribution in [0.1, 0.15) is 38.7 Å². The van der Waals surface area contributed by atoms with Crippen LogP contribution in [0.2, 0.25) is 5.02 Å². The van der Waals surface area contributed by atoms with E-state index >= 15 is 0 Å². The summed E-state index contributed by atoms with van der Waals surface area (Å²) in [7, 11) is 0. The molecule has 3 rings (SSSR count). The molecule has 1 aliphatic rings. The minimum Gasteiger partial charge on any atom is -0.302 e. The van der Waals surface area contributed by atoms with E-state index in [9.17, 15) is 4.79 Å². The average molecular weight is 380 g/mol. The number of amides is 1. The van der Waals surface area contributed by atoms with Crippen molar-refractivity contribution in [1.29, 1.82) is 0 Å². The predicted molar refractivity (Wildman–Crippen MR) is 107 cm³/mol. The number of hydrogen-bond acceptors (Lipinski definition) is 4. The van der Waals surface area contributed by atoms with Gasteiger partial charge in [-0.15, -0.1) is 0 Å². The average Bonchev–Trinajstić information content (AvgIpc) is 3.00. The molecular formula is C19H26ClN3OS. The highest BCUT2D eigenvalue weighted by molar-refractivity contribution is 7.23. The SMILES string of the molecule is CCN(CC)CCN(C(=O)C1CCC1)c1nc2c(C)ccc(Cl)c2s1. The number of anilines is 1. The summed E-state index contributed by atoms with van der Waals surface area (Å²) in [6.45, 7) is 9.89. The normalized spacial score (nSPS) is 14.9. The van der Waals surface area contributed by atoms with Gasteiger partial charge in [0.15, 0.2) is 5.13 Å². The minimum atomic E-state index is 0.167. The van der Waals surface area contributed by atoms with E-state index < -0.39 is 0 Å². The van der Waals surface area contributed by atoms with E-state index in [1.807, 2.05) is 24.0 Å². The van der Waals surface area contributed by atoms with Gasteiger partial charge < -0.3 is 4.90 Å². The van der Waals surface area contributed by atoms with Crippen molar-refractivity contribution in [2.24, 2.45) is 5.92 Å². The second-order valence-electron chi connectivity index (χ2n) is 6.68. The monoisotopic (exact) mass is 379 g/mol. The quantitative estimate of drug-likeness (QED) is 0.697. The molecule has 0 N–H and O–H groups in total. The van der Waals surface area contributed by atoms with E-state index in [1.54, 1.807) is 0 Å². The zero-order valence-electron chi connectivity index (χ0n) is 15.2. The molecule has 4 nitrogen and oxygen atoms in total. The molecule has 136 valence electrons. The smallest absolute Gasteiger partial charge is 0.231 e. The van der Waals surface area contributed by atoms with Crippen LogP contribution in [0.25, 0.3) is 10.2 Å².